The Bertz CT molecular complexity index is 918. The van der Waals surface area contributed by atoms with E-state index in [4.69, 9.17) is 9.47 Å². The first kappa shape index (κ1) is 18.1. The quantitative estimate of drug-likeness (QED) is 0.664. The van der Waals surface area contributed by atoms with E-state index < -0.39 is 0 Å². The van der Waals surface area contributed by atoms with Crippen LogP contribution in [0.2, 0.25) is 0 Å². The molecule has 1 aromatic carbocycles. The number of anilines is 2. The van der Waals surface area contributed by atoms with Gasteiger partial charge in [0.15, 0.2) is 0 Å². The van der Waals surface area contributed by atoms with Crippen LogP contribution in [0.5, 0.6) is 11.5 Å². The Morgan fingerprint density at radius 3 is 2.67 bits per heavy atom. The van der Waals surface area contributed by atoms with Gasteiger partial charge in [-0.15, -0.1) is 0 Å². The SMILES string of the molecule is COc1ccc(NC(=O)c2cc(NCc3ccccn3)ncn2)c(OC)c1. The van der Waals surface area contributed by atoms with Crippen molar-refractivity contribution in [2.75, 3.05) is 24.9 Å². The second kappa shape index (κ2) is 8.61. The van der Waals surface area contributed by atoms with Crippen molar-refractivity contribution < 1.29 is 14.3 Å². The molecule has 0 saturated carbocycles. The molecule has 3 rings (SSSR count). The maximum Gasteiger partial charge on any atom is 0.274 e. The Labute approximate surface area is 156 Å². The summed E-state index contributed by atoms with van der Waals surface area (Å²) in [6.07, 6.45) is 3.05. The number of methoxy groups -OCH3 is 2. The van der Waals surface area contributed by atoms with Crippen molar-refractivity contribution in [3.63, 3.8) is 0 Å². The molecular weight excluding hydrogens is 346 g/mol. The predicted octanol–water partition coefficient (Wildman–Crippen LogP) is 2.75. The zero-order valence-electron chi connectivity index (χ0n) is 15.0. The first-order valence-electron chi connectivity index (χ1n) is 8.19. The molecule has 2 aromatic heterocycles. The van der Waals surface area contributed by atoms with Crippen LogP contribution >= 0.6 is 0 Å². The van der Waals surface area contributed by atoms with Crippen molar-refractivity contribution >= 4 is 17.4 Å². The number of carbonyl (C=O) groups excluding carboxylic acids is 1. The third-order valence-corrected chi connectivity index (χ3v) is 3.73. The van der Waals surface area contributed by atoms with Crippen molar-refractivity contribution in [1.29, 1.82) is 0 Å². The van der Waals surface area contributed by atoms with E-state index in [-0.39, 0.29) is 11.6 Å². The number of pyridine rings is 1. The van der Waals surface area contributed by atoms with E-state index in [0.29, 0.717) is 29.5 Å². The third kappa shape index (κ3) is 4.69. The number of hydrogen-bond acceptors (Lipinski definition) is 7. The molecule has 0 fully saturated rings. The molecule has 138 valence electrons. The fraction of sp³-hybridized carbons (Fsp3) is 0.158. The van der Waals surface area contributed by atoms with Gasteiger partial charge in [-0.3, -0.25) is 9.78 Å². The number of nitrogens with one attached hydrogen (secondary N) is 2. The lowest BCUT2D eigenvalue weighted by Gasteiger charge is -2.11. The standard InChI is InChI=1S/C19H19N5O3/c1-26-14-6-7-15(17(9-14)27-2)24-19(25)16-10-18(23-12-22-16)21-11-13-5-3-4-8-20-13/h3-10,12H,11H2,1-2H3,(H,24,25)(H,21,22,23). The van der Waals surface area contributed by atoms with E-state index >= 15 is 0 Å². The Kier molecular flexibility index (Phi) is 5.78. The second-order valence-corrected chi connectivity index (χ2v) is 5.48. The number of amides is 1. The van der Waals surface area contributed by atoms with Crippen LogP contribution in [0.15, 0.2) is 55.0 Å². The summed E-state index contributed by atoms with van der Waals surface area (Å²) in [6, 6.07) is 12.4. The summed E-state index contributed by atoms with van der Waals surface area (Å²) in [6.45, 7) is 0.491. The summed E-state index contributed by atoms with van der Waals surface area (Å²) in [5.41, 5.74) is 1.61. The van der Waals surface area contributed by atoms with Crippen molar-refractivity contribution in [2.24, 2.45) is 0 Å². The van der Waals surface area contributed by atoms with Gasteiger partial charge in [0.2, 0.25) is 0 Å². The molecule has 0 saturated heterocycles. The molecule has 3 aromatic rings. The molecule has 8 nitrogen and oxygen atoms in total. The second-order valence-electron chi connectivity index (χ2n) is 5.48. The zero-order valence-corrected chi connectivity index (χ0v) is 15.0. The average molecular weight is 365 g/mol. The number of aromatic nitrogens is 3. The van der Waals surface area contributed by atoms with Gasteiger partial charge in [-0.05, 0) is 24.3 Å². The zero-order chi connectivity index (χ0) is 19.1. The van der Waals surface area contributed by atoms with Gasteiger partial charge in [-0.25, -0.2) is 9.97 Å². The summed E-state index contributed by atoms with van der Waals surface area (Å²) >= 11 is 0. The third-order valence-electron chi connectivity index (χ3n) is 3.73. The van der Waals surface area contributed by atoms with E-state index in [1.54, 1.807) is 37.6 Å². The first-order valence-corrected chi connectivity index (χ1v) is 8.19. The first-order chi connectivity index (χ1) is 13.2. The Morgan fingerprint density at radius 2 is 1.93 bits per heavy atom. The van der Waals surface area contributed by atoms with Crippen molar-refractivity contribution in [3.8, 4) is 11.5 Å². The van der Waals surface area contributed by atoms with Crippen molar-refractivity contribution in [2.45, 2.75) is 6.54 Å². The van der Waals surface area contributed by atoms with E-state index in [9.17, 15) is 4.79 Å². The summed E-state index contributed by atoms with van der Waals surface area (Å²) < 4.78 is 10.4. The fourth-order valence-electron chi connectivity index (χ4n) is 2.35. The highest BCUT2D eigenvalue weighted by Gasteiger charge is 2.13. The van der Waals surface area contributed by atoms with Gasteiger partial charge < -0.3 is 20.1 Å². The van der Waals surface area contributed by atoms with Gasteiger partial charge in [0, 0.05) is 18.3 Å². The van der Waals surface area contributed by atoms with Crippen LogP contribution in [0.4, 0.5) is 11.5 Å². The Balaban J connectivity index is 1.70. The number of hydrogen-bond donors (Lipinski definition) is 2. The number of ether oxygens (including phenoxy) is 2. The number of benzene rings is 1. The highest BCUT2D eigenvalue weighted by atomic mass is 16.5. The number of carbonyl (C=O) groups is 1. The van der Waals surface area contributed by atoms with E-state index in [0.717, 1.165) is 5.69 Å². The van der Waals surface area contributed by atoms with Crippen LogP contribution in [-0.2, 0) is 6.54 Å². The van der Waals surface area contributed by atoms with Gasteiger partial charge in [0.1, 0.15) is 29.3 Å². The summed E-state index contributed by atoms with van der Waals surface area (Å²) in [5.74, 6) is 1.28. The molecule has 2 N–H and O–H groups in total. The topological polar surface area (TPSA) is 98.3 Å². The maximum atomic E-state index is 12.5. The minimum Gasteiger partial charge on any atom is -0.497 e. The molecule has 0 aliphatic rings. The summed E-state index contributed by atoms with van der Waals surface area (Å²) in [5, 5.41) is 5.90. The number of nitrogens with zero attached hydrogens (tertiary/aromatic N) is 3. The van der Waals surface area contributed by atoms with Gasteiger partial charge >= 0.3 is 0 Å². The summed E-state index contributed by atoms with van der Waals surface area (Å²) in [4.78, 5) is 24.9. The van der Waals surface area contributed by atoms with Crippen molar-refractivity contribution in [3.05, 3.63) is 66.4 Å². The van der Waals surface area contributed by atoms with E-state index in [1.807, 2.05) is 18.2 Å². The Hall–Kier alpha value is -3.68. The smallest absolute Gasteiger partial charge is 0.274 e. The molecule has 0 atom stereocenters. The minimum absolute atomic E-state index is 0.228. The van der Waals surface area contributed by atoms with Crippen molar-refractivity contribution in [1.82, 2.24) is 15.0 Å². The molecule has 2 heterocycles. The lowest BCUT2D eigenvalue weighted by molar-refractivity contribution is 0.102. The van der Waals surface area contributed by atoms with E-state index in [2.05, 4.69) is 25.6 Å². The molecule has 27 heavy (non-hydrogen) atoms. The Morgan fingerprint density at radius 1 is 1.04 bits per heavy atom. The molecular formula is C19H19N5O3. The predicted molar refractivity (Wildman–Crippen MR) is 101 cm³/mol. The lowest BCUT2D eigenvalue weighted by Crippen LogP contribution is -2.15. The van der Waals surface area contributed by atoms with Crippen LogP contribution in [0.1, 0.15) is 16.2 Å². The molecule has 0 spiro atoms. The lowest BCUT2D eigenvalue weighted by atomic mass is 10.2. The molecule has 0 unspecified atom stereocenters. The normalized spacial score (nSPS) is 10.1. The largest absolute Gasteiger partial charge is 0.497 e. The van der Waals surface area contributed by atoms with Gasteiger partial charge in [0.25, 0.3) is 5.91 Å². The summed E-state index contributed by atoms with van der Waals surface area (Å²) in [7, 11) is 3.09. The van der Waals surface area contributed by atoms with Gasteiger partial charge in [-0.2, -0.15) is 0 Å². The average Bonchev–Trinajstić information content (AvgIpc) is 2.73. The van der Waals surface area contributed by atoms with E-state index in [1.165, 1.54) is 13.4 Å². The van der Waals surface area contributed by atoms with Gasteiger partial charge in [-0.1, -0.05) is 6.07 Å². The van der Waals surface area contributed by atoms with Crippen LogP contribution in [0.3, 0.4) is 0 Å². The molecule has 8 heteroatoms. The molecule has 0 aliphatic heterocycles. The fourth-order valence-corrected chi connectivity index (χ4v) is 2.35. The highest BCUT2D eigenvalue weighted by molar-refractivity contribution is 6.04. The highest BCUT2D eigenvalue weighted by Crippen LogP contribution is 2.29. The molecule has 1 amide bonds. The van der Waals surface area contributed by atoms with Crippen LogP contribution in [0.25, 0.3) is 0 Å². The monoisotopic (exact) mass is 365 g/mol. The van der Waals surface area contributed by atoms with Gasteiger partial charge in [0.05, 0.1) is 32.1 Å². The molecule has 0 aliphatic carbocycles. The van der Waals surface area contributed by atoms with Crippen LogP contribution in [0, 0.1) is 0 Å². The maximum absolute atomic E-state index is 12.5. The minimum atomic E-state index is -0.373. The number of rotatable bonds is 7. The molecule has 0 bridgehead atoms. The van der Waals surface area contributed by atoms with Crippen LogP contribution < -0.4 is 20.1 Å². The molecule has 0 radical (unpaired) electrons. The van der Waals surface area contributed by atoms with Crippen LogP contribution in [-0.4, -0.2) is 35.1 Å².